The van der Waals surface area contributed by atoms with Crippen LogP contribution < -0.4 is 0 Å². The molecular formula is C31H29NO2. The van der Waals surface area contributed by atoms with Crippen molar-refractivity contribution in [2.75, 3.05) is 0 Å². The number of ketones is 1. The molecule has 2 aromatic rings. The molecule has 3 nitrogen and oxygen atoms in total. The Hall–Kier alpha value is -3.72. The summed E-state index contributed by atoms with van der Waals surface area (Å²) in [6.07, 6.45) is 11.8. The number of carbonyl (C=O) groups excluding carboxylic acids is 1. The van der Waals surface area contributed by atoms with E-state index >= 15 is 0 Å². The third kappa shape index (κ3) is 4.03. The van der Waals surface area contributed by atoms with E-state index in [0.29, 0.717) is 6.42 Å². The Morgan fingerprint density at radius 1 is 1.12 bits per heavy atom. The molecule has 0 spiro atoms. The molecule has 0 aromatic heterocycles. The number of rotatable bonds is 5. The summed E-state index contributed by atoms with van der Waals surface area (Å²) < 4.78 is 0. The topological polar surface area (TPSA) is 49.7 Å². The van der Waals surface area contributed by atoms with Crippen molar-refractivity contribution >= 4 is 17.6 Å². The summed E-state index contributed by atoms with van der Waals surface area (Å²) in [5.74, 6) is 0.248. The number of nitrogens with zero attached hydrogens (tertiary/aromatic N) is 1. The lowest BCUT2D eigenvalue weighted by Crippen LogP contribution is -2.26. The van der Waals surface area contributed by atoms with Crippen LogP contribution in [-0.2, 0) is 4.79 Å². The highest BCUT2D eigenvalue weighted by Gasteiger charge is 2.41. The molecule has 0 bridgehead atoms. The summed E-state index contributed by atoms with van der Waals surface area (Å²) in [6.45, 7) is 4.40. The van der Waals surface area contributed by atoms with E-state index in [9.17, 15) is 9.90 Å². The number of phenolic OH excluding ortho intramolecular Hbond substituents is 1. The largest absolute Gasteiger partial charge is 0.508 e. The highest BCUT2D eigenvalue weighted by Crippen LogP contribution is 2.47. The number of benzene rings is 2. The predicted octanol–water partition coefficient (Wildman–Crippen LogP) is 7.12. The van der Waals surface area contributed by atoms with Gasteiger partial charge in [-0.25, -0.2) is 0 Å². The fourth-order valence-corrected chi connectivity index (χ4v) is 5.24. The second kappa shape index (κ2) is 9.26. The number of carbonyl (C=O) groups is 1. The quantitative estimate of drug-likeness (QED) is 0.496. The molecule has 0 fully saturated rings. The van der Waals surface area contributed by atoms with Gasteiger partial charge < -0.3 is 5.11 Å². The van der Waals surface area contributed by atoms with Crippen LogP contribution in [0.3, 0.4) is 0 Å². The summed E-state index contributed by atoms with van der Waals surface area (Å²) in [5, 5.41) is 9.63. The standard InChI is InChI=1S/C31H29NO2/c1-3-9-20(2)27-28(22-10-7-8-11-22)29-26(32-30(27)23-12-5-4-6-13-23)19-24(31(29)34)18-21-14-16-25(33)17-15-21/h4-8,10,12-18,28,33H,3,9,11,19H2,1-2H3. The Bertz CT molecular complexity index is 1320. The van der Waals surface area contributed by atoms with Gasteiger partial charge in [0.25, 0.3) is 0 Å². The fourth-order valence-electron chi connectivity index (χ4n) is 5.24. The van der Waals surface area contributed by atoms with Gasteiger partial charge in [0, 0.05) is 29.0 Å². The first-order chi connectivity index (χ1) is 16.6. The molecule has 2 aromatic carbocycles. The number of phenols is 1. The van der Waals surface area contributed by atoms with E-state index < -0.39 is 0 Å². The SMILES string of the molecule is CCCC(C)=C1C(c2ccccc2)=NC2=C(C(=O)C(=Cc3ccc(O)cc3)C2)C1C1=CC=CC1. The van der Waals surface area contributed by atoms with Crippen LogP contribution in [0.1, 0.15) is 50.7 Å². The zero-order valence-corrected chi connectivity index (χ0v) is 19.7. The van der Waals surface area contributed by atoms with Crippen molar-refractivity contribution in [1.29, 1.82) is 0 Å². The summed E-state index contributed by atoms with van der Waals surface area (Å²) in [7, 11) is 0. The molecule has 1 atom stereocenters. The van der Waals surface area contributed by atoms with Gasteiger partial charge in [-0.1, -0.05) is 85.2 Å². The molecule has 1 unspecified atom stereocenters. The summed E-state index contributed by atoms with van der Waals surface area (Å²) >= 11 is 0. The number of hydrogen-bond donors (Lipinski definition) is 1. The lowest BCUT2D eigenvalue weighted by Gasteiger charge is -2.30. The van der Waals surface area contributed by atoms with Crippen LogP contribution >= 0.6 is 0 Å². The molecule has 0 amide bonds. The van der Waals surface area contributed by atoms with Gasteiger partial charge in [0.1, 0.15) is 5.75 Å². The minimum atomic E-state index is -0.0672. The molecule has 3 heteroatoms. The van der Waals surface area contributed by atoms with Gasteiger partial charge in [-0.2, -0.15) is 0 Å². The maximum Gasteiger partial charge on any atom is 0.188 e. The Labute approximate surface area is 201 Å². The zero-order valence-electron chi connectivity index (χ0n) is 19.7. The fraction of sp³-hybridized carbons (Fsp3) is 0.226. The van der Waals surface area contributed by atoms with E-state index in [1.807, 2.05) is 24.3 Å². The molecule has 3 aliphatic rings. The highest BCUT2D eigenvalue weighted by atomic mass is 16.3. The third-order valence-corrected chi connectivity index (χ3v) is 6.82. The second-order valence-corrected chi connectivity index (χ2v) is 9.20. The molecule has 0 saturated heterocycles. The first-order valence-corrected chi connectivity index (χ1v) is 12.0. The number of aromatic hydroxyl groups is 1. The average Bonchev–Trinajstić information content (AvgIpc) is 3.49. The first-order valence-electron chi connectivity index (χ1n) is 12.0. The average molecular weight is 448 g/mol. The van der Waals surface area contributed by atoms with E-state index in [1.165, 1.54) is 16.7 Å². The van der Waals surface area contributed by atoms with Gasteiger partial charge in [0.05, 0.1) is 11.4 Å². The molecule has 5 rings (SSSR count). The van der Waals surface area contributed by atoms with E-state index in [-0.39, 0.29) is 17.5 Å². The summed E-state index contributed by atoms with van der Waals surface area (Å²) in [4.78, 5) is 19.0. The van der Waals surface area contributed by atoms with Gasteiger partial charge >= 0.3 is 0 Å². The van der Waals surface area contributed by atoms with Crippen molar-refractivity contribution in [3.05, 3.63) is 118 Å². The Morgan fingerprint density at radius 3 is 2.56 bits per heavy atom. The van der Waals surface area contributed by atoms with E-state index in [0.717, 1.165) is 52.9 Å². The lowest BCUT2D eigenvalue weighted by atomic mass is 9.75. The van der Waals surface area contributed by atoms with Crippen LogP contribution in [0.25, 0.3) is 6.08 Å². The Kier molecular flexibility index (Phi) is 6.02. The van der Waals surface area contributed by atoms with Gasteiger partial charge in [-0.15, -0.1) is 0 Å². The van der Waals surface area contributed by atoms with Crippen LogP contribution in [-0.4, -0.2) is 16.6 Å². The van der Waals surface area contributed by atoms with Crippen molar-refractivity contribution in [3.63, 3.8) is 0 Å². The van der Waals surface area contributed by atoms with Crippen LogP contribution in [0.4, 0.5) is 0 Å². The van der Waals surface area contributed by atoms with Crippen molar-refractivity contribution < 1.29 is 9.90 Å². The van der Waals surface area contributed by atoms with Gasteiger partial charge in [-0.05, 0) is 49.1 Å². The molecule has 1 aliphatic heterocycles. The minimum absolute atomic E-state index is 0.0672. The van der Waals surface area contributed by atoms with Crippen molar-refractivity contribution in [2.45, 2.75) is 39.5 Å². The predicted molar refractivity (Wildman–Crippen MR) is 139 cm³/mol. The number of allylic oxidation sites excluding steroid dienone is 8. The number of aliphatic imine (C=N–C) groups is 1. The molecule has 1 heterocycles. The Morgan fingerprint density at radius 2 is 1.88 bits per heavy atom. The molecular weight excluding hydrogens is 418 g/mol. The van der Waals surface area contributed by atoms with Crippen LogP contribution in [0, 0.1) is 5.92 Å². The maximum atomic E-state index is 13.8. The van der Waals surface area contributed by atoms with Crippen LogP contribution in [0.2, 0.25) is 0 Å². The second-order valence-electron chi connectivity index (χ2n) is 9.20. The maximum absolute atomic E-state index is 13.8. The van der Waals surface area contributed by atoms with E-state index in [1.54, 1.807) is 12.1 Å². The normalized spacial score (nSPS) is 22.2. The molecule has 170 valence electrons. The molecule has 0 saturated carbocycles. The lowest BCUT2D eigenvalue weighted by molar-refractivity contribution is -0.112. The summed E-state index contributed by atoms with van der Waals surface area (Å²) in [6, 6.07) is 17.3. The minimum Gasteiger partial charge on any atom is -0.508 e. The van der Waals surface area contributed by atoms with Crippen molar-refractivity contribution in [3.8, 4) is 5.75 Å². The number of hydrogen-bond acceptors (Lipinski definition) is 3. The van der Waals surface area contributed by atoms with Crippen LogP contribution in [0.5, 0.6) is 5.75 Å². The molecule has 0 radical (unpaired) electrons. The molecule has 34 heavy (non-hydrogen) atoms. The highest BCUT2D eigenvalue weighted by molar-refractivity contribution is 6.22. The molecule has 2 aliphatic carbocycles. The smallest absolute Gasteiger partial charge is 0.188 e. The van der Waals surface area contributed by atoms with Gasteiger partial charge in [-0.3, -0.25) is 9.79 Å². The van der Waals surface area contributed by atoms with E-state index in [4.69, 9.17) is 4.99 Å². The monoisotopic (exact) mass is 447 g/mol. The number of Topliss-reactive ketones (excluding diaryl/α,β-unsaturated/α-hetero) is 1. The molecule has 1 N–H and O–H groups in total. The third-order valence-electron chi connectivity index (χ3n) is 6.82. The summed E-state index contributed by atoms with van der Waals surface area (Å²) in [5.41, 5.74) is 9.26. The zero-order chi connectivity index (χ0) is 23.7. The first kappa shape index (κ1) is 22.1. The van der Waals surface area contributed by atoms with E-state index in [2.05, 4.69) is 56.3 Å². The van der Waals surface area contributed by atoms with Gasteiger partial charge in [0.2, 0.25) is 0 Å². The van der Waals surface area contributed by atoms with Crippen molar-refractivity contribution in [1.82, 2.24) is 0 Å². The van der Waals surface area contributed by atoms with Gasteiger partial charge in [0.15, 0.2) is 5.78 Å². The Balaban J connectivity index is 1.67. The van der Waals surface area contributed by atoms with Crippen molar-refractivity contribution in [2.24, 2.45) is 10.9 Å². The van der Waals surface area contributed by atoms with Crippen LogP contribution in [0.15, 0.2) is 111 Å².